The van der Waals surface area contributed by atoms with E-state index >= 15 is 0 Å². The maximum Gasteiger partial charge on any atom is 0.233 e. The lowest BCUT2D eigenvalue weighted by Crippen LogP contribution is -2.29. The van der Waals surface area contributed by atoms with Gasteiger partial charge in [-0.1, -0.05) is 13.3 Å². The Labute approximate surface area is 116 Å². The zero-order valence-corrected chi connectivity index (χ0v) is 12.1. The number of nitrogens with one attached hydrogen (secondary N) is 1. The van der Waals surface area contributed by atoms with Crippen LogP contribution in [0.1, 0.15) is 19.8 Å². The van der Waals surface area contributed by atoms with E-state index in [4.69, 9.17) is 10.5 Å². The number of nitrogens with two attached hydrogens (primary N) is 1. The van der Waals surface area contributed by atoms with Gasteiger partial charge >= 0.3 is 0 Å². The minimum absolute atomic E-state index is 0.0823. The standard InChI is InChI=1S/C13H20N2O3S/c1-3-4-7-15-13(16)9-19(17)12-8-10(18-2)5-6-11(12)14/h5-6,8H,3-4,7,9,14H2,1-2H3,(H,15,16). The van der Waals surface area contributed by atoms with E-state index in [1.54, 1.807) is 18.2 Å². The van der Waals surface area contributed by atoms with Crippen LogP contribution in [0.15, 0.2) is 23.1 Å². The van der Waals surface area contributed by atoms with Crippen LogP contribution in [0.5, 0.6) is 5.75 Å². The number of carbonyl (C=O) groups excluding carboxylic acids is 1. The van der Waals surface area contributed by atoms with Crippen molar-refractivity contribution in [2.75, 3.05) is 25.1 Å². The van der Waals surface area contributed by atoms with E-state index in [-0.39, 0.29) is 11.7 Å². The number of hydrogen-bond acceptors (Lipinski definition) is 4. The number of hydrogen-bond donors (Lipinski definition) is 2. The first-order valence-electron chi connectivity index (χ1n) is 6.17. The fraction of sp³-hybridized carbons (Fsp3) is 0.462. The van der Waals surface area contributed by atoms with Gasteiger partial charge in [0.15, 0.2) is 0 Å². The number of ether oxygens (including phenoxy) is 1. The summed E-state index contributed by atoms with van der Waals surface area (Å²) in [5.74, 6) is 0.263. The lowest BCUT2D eigenvalue weighted by molar-refractivity contribution is -0.118. The average Bonchev–Trinajstić information content (AvgIpc) is 2.39. The molecule has 6 heteroatoms. The largest absolute Gasteiger partial charge is 0.497 e. The fourth-order valence-electron chi connectivity index (χ4n) is 1.49. The minimum atomic E-state index is -1.46. The quantitative estimate of drug-likeness (QED) is 0.584. The predicted octanol–water partition coefficient (Wildman–Crippen LogP) is 1.30. The van der Waals surface area contributed by atoms with E-state index in [1.165, 1.54) is 7.11 Å². The average molecular weight is 284 g/mol. The Morgan fingerprint density at radius 3 is 2.84 bits per heavy atom. The summed E-state index contributed by atoms with van der Waals surface area (Å²) in [7, 11) is 0.0641. The molecular weight excluding hydrogens is 264 g/mol. The van der Waals surface area contributed by atoms with Crippen molar-refractivity contribution >= 4 is 22.4 Å². The predicted molar refractivity (Wildman–Crippen MR) is 76.6 cm³/mol. The van der Waals surface area contributed by atoms with Crippen LogP contribution in [0.4, 0.5) is 5.69 Å². The third-order valence-corrected chi connectivity index (χ3v) is 3.95. The van der Waals surface area contributed by atoms with Gasteiger partial charge < -0.3 is 15.8 Å². The highest BCUT2D eigenvalue weighted by Gasteiger charge is 2.13. The number of benzene rings is 1. The summed E-state index contributed by atoms with van der Waals surface area (Å²) in [6, 6.07) is 4.92. The third-order valence-electron chi connectivity index (χ3n) is 2.58. The molecule has 1 amide bonds. The van der Waals surface area contributed by atoms with Crippen molar-refractivity contribution < 1.29 is 13.7 Å². The first-order valence-corrected chi connectivity index (χ1v) is 7.49. The van der Waals surface area contributed by atoms with E-state index in [0.29, 0.717) is 22.9 Å². The zero-order chi connectivity index (χ0) is 14.3. The number of anilines is 1. The Morgan fingerprint density at radius 2 is 2.21 bits per heavy atom. The van der Waals surface area contributed by atoms with Crippen molar-refractivity contribution in [2.24, 2.45) is 0 Å². The Balaban J connectivity index is 2.64. The van der Waals surface area contributed by atoms with Gasteiger partial charge in [0.25, 0.3) is 0 Å². The number of unbranched alkanes of at least 4 members (excludes halogenated alkanes) is 1. The SMILES string of the molecule is CCCCNC(=O)CS(=O)c1cc(OC)ccc1N. The van der Waals surface area contributed by atoms with Gasteiger partial charge in [-0.2, -0.15) is 0 Å². The summed E-state index contributed by atoms with van der Waals surface area (Å²) in [5, 5.41) is 2.73. The smallest absolute Gasteiger partial charge is 0.233 e. The van der Waals surface area contributed by atoms with E-state index < -0.39 is 10.8 Å². The van der Waals surface area contributed by atoms with Gasteiger partial charge in [0.05, 0.1) is 22.8 Å². The molecule has 1 aromatic rings. The lowest BCUT2D eigenvalue weighted by atomic mass is 10.3. The number of nitrogen functional groups attached to an aromatic ring is 1. The molecule has 0 radical (unpaired) electrons. The highest BCUT2D eigenvalue weighted by atomic mass is 32.2. The number of amides is 1. The van der Waals surface area contributed by atoms with Crippen LogP contribution in [0.25, 0.3) is 0 Å². The second-order valence-electron chi connectivity index (χ2n) is 4.10. The molecule has 0 aliphatic heterocycles. The van der Waals surface area contributed by atoms with Gasteiger partial charge in [-0.3, -0.25) is 9.00 Å². The van der Waals surface area contributed by atoms with E-state index in [0.717, 1.165) is 12.8 Å². The molecule has 0 spiro atoms. The molecule has 0 aromatic heterocycles. The van der Waals surface area contributed by atoms with Crippen molar-refractivity contribution in [3.05, 3.63) is 18.2 Å². The molecule has 1 rings (SSSR count). The molecule has 0 aliphatic rings. The van der Waals surface area contributed by atoms with Gasteiger partial charge in [0.2, 0.25) is 5.91 Å². The monoisotopic (exact) mass is 284 g/mol. The molecule has 0 saturated heterocycles. The van der Waals surface area contributed by atoms with Crippen molar-refractivity contribution in [2.45, 2.75) is 24.7 Å². The minimum Gasteiger partial charge on any atom is -0.497 e. The van der Waals surface area contributed by atoms with Crippen LogP contribution in [0.2, 0.25) is 0 Å². The molecule has 19 heavy (non-hydrogen) atoms. The summed E-state index contributed by atoms with van der Waals surface area (Å²) >= 11 is 0. The molecule has 1 atom stereocenters. The normalized spacial score (nSPS) is 11.9. The van der Waals surface area contributed by atoms with Crippen molar-refractivity contribution in [3.63, 3.8) is 0 Å². The van der Waals surface area contributed by atoms with Crippen LogP contribution >= 0.6 is 0 Å². The molecule has 1 unspecified atom stereocenters. The van der Waals surface area contributed by atoms with Crippen molar-refractivity contribution in [1.29, 1.82) is 0 Å². The molecular formula is C13H20N2O3S. The van der Waals surface area contributed by atoms with Crippen LogP contribution in [0.3, 0.4) is 0 Å². The summed E-state index contributed by atoms with van der Waals surface area (Å²) < 4.78 is 17.1. The topological polar surface area (TPSA) is 81.4 Å². The maximum absolute atomic E-state index is 12.1. The van der Waals surface area contributed by atoms with Gasteiger partial charge in [-0.25, -0.2) is 0 Å². The lowest BCUT2D eigenvalue weighted by Gasteiger charge is -2.08. The first kappa shape index (κ1) is 15.5. The third kappa shape index (κ3) is 4.90. The first-order chi connectivity index (χ1) is 9.08. The Morgan fingerprint density at radius 1 is 1.47 bits per heavy atom. The molecule has 3 N–H and O–H groups in total. The van der Waals surface area contributed by atoms with Crippen LogP contribution in [0, 0.1) is 0 Å². The van der Waals surface area contributed by atoms with Gasteiger partial charge in [-0.15, -0.1) is 0 Å². The fourth-order valence-corrected chi connectivity index (χ4v) is 2.57. The summed E-state index contributed by atoms with van der Waals surface area (Å²) in [6.45, 7) is 2.65. The summed E-state index contributed by atoms with van der Waals surface area (Å²) in [6.07, 6.45) is 1.92. The van der Waals surface area contributed by atoms with Crippen molar-refractivity contribution in [1.82, 2.24) is 5.32 Å². The summed E-state index contributed by atoms with van der Waals surface area (Å²) in [5.41, 5.74) is 6.17. The molecule has 5 nitrogen and oxygen atoms in total. The van der Waals surface area contributed by atoms with Crippen molar-refractivity contribution in [3.8, 4) is 5.75 Å². The highest BCUT2D eigenvalue weighted by Crippen LogP contribution is 2.22. The number of carbonyl (C=O) groups is 1. The molecule has 0 aliphatic carbocycles. The van der Waals surface area contributed by atoms with Crippen LogP contribution in [-0.4, -0.2) is 29.5 Å². The van der Waals surface area contributed by atoms with E-state index in [9.17, 15) is 9.00 Å². The number of methoxy groups -OCH3 is 1. The highest BCUT2D eigenvalue weighted by molar-refractivity contribution is 7.86. The van der Waals surface area contributed by atoms with E-state index in [2.05, 4.69) is 5.32 Å². The molecule has 106 valence electrons. The van der Waals surface area contributed by atoms with Crippen LogP contribution < -0.4 is 15.8 Å². The van der Waals surface area contributed by atoms with Crippen LogP contribution in [-0.2, 0) is 15.6 Å². The molecule has 0 bridgehead atoms. The molecule has 1 aromatic carbocycles. The van der Waals surface area contributed by atoms with E-state index in [1.807, 2.05) is 6.92 Å². The number of rotatable bonds is 7. The second kappa shape index (κ2) is 7.78. The Hall–Kier alpha value is -1.56. The maximum atomic E-state index is 12.1. The second-order valence-corrected chi connectivity index (χ2v) is 5.52. The van der Waals surface area contributed by atoms with Gasteiger partial charge in [-0.05, 0) is 24.6 Å². The Kier molecular flexibility index (Phi) is 6.35. The molecule has 0 saturated carbocycles. The Bertz CT molecular complexity index is 463. The summed E-state index contributed by atoms with van der Waals surface area (Å²) in [4.78, 5) is 12.0. The van der Waals surface area contributed by atoms with Gasteiger partial charge in [0, 0.05) is 12.2 Å². The molecule has 0 heterocycles. The molecule has 0 fully saturated rings. The zero-order valence-electron chi connectivity index (χ0n) is 11.3. The van der Waals surface area contributed by atoms with Gasteiger partial charge in [0.1, 0.15) is 11.5 Å².